The van der Waals surface area contributed by atoms with Gasteiger partial charge in [0, 0.05) is 11.2 Å². The van der Waals surface area contributed by atoms with Gasteiger partial charge in [0.05, 0.1) is 19.0 Å². The summed E-state index contributed by atoms with van der Waals surface area (Å²) in [7, 11) is 1.46. The molecule has 0 amide bonds. The van der Waals surface area contributed by atoms with E-state index in [2.05, 4.69) is 9.97 Å². The number of aliphatic carboxylic acids is 1. The van der Waals surface area contributed by atoms with Crippen LogP contribution >= 0.6 is 11.6 Å². The Kier molecular flexibility index (Phi) is 4.53. The van der Waals surface area contributed by atoms with Gasteiger partial charge in [-0.15, -0.1) is 0 Å². The molecule has 2 aromatic rings. The van der Waals surface area contributed by atoms with E-state index < -0.39 is 11.9 Å². The van der Waals surface area contributed by atoms with E-state index in [4.69, 9.17) is 16.3 Å². The first-order valence-electron chi connectivity index (χ1n) is 5.93. The molecular formula is C14H13ClN2O3. The SMILES string of the molecule is COc1cncc(C(Cc2cccc(Cl)c2)C(=O)O)n1. The van der Waals surface area contributed by atoms with Crippen LogP contribution in [0.25, 0.3) is 0 Å². The highest BCUT2D eigenvalue weighted by Crippen LogP contribution is 2.22. The van der Waals surface area contributed by atoms with Crippen LogP contribution in [0, 0.1) is 0 Å². The van der Waals surface area contributed by atoms with Gasteiger partial charge in [-0.2, -0.15) is 0 Å². The zero-order valence-corrected chi connectivity index (χ0v) is 11.5. The molecule has 1 atom stereocenters. The zero-order valence-electron chi connectivity index (χ0n) is 10.8. The lowest BCUT2D eigenvalue weighted by Gasteiger charge is -2.12. The van der Waals surface area contributed by atoms with Crippen molar-refractivity contribution in [2.24, 2.45) is 0 Å². The minimum absolute atomic E-state index is 0.289. The number of carboxylic acids is 1. The molecule has 1 aromatic heterocycles. The van der Waals surface area contributed by atoms with E-state index in [9.17, 15) is 9.90 Å². The van der Waals surface area contributed by atoms with Crippen molar-refractivity contribution in [3.05, 3.63) is 52.9 Å². The van der Waals surface area contributed by atoms with E-state index in [0.717, 1.165) is 5.56 Å². The molecule has 0 radical (unpaired) electrons. The Morgan fingerprint density at radius 2 is 2.25 bits per heavy atom. The average molecular weight is 293 g/mol. The number of nitrogens with zero attached hydrogens (tertiary/aromatic N) is 2. The van der Waals surface area contributed by atoms with E-state index >= 15 is 0 Å². The number of carbonyl (C=O) groups is 1. The Morgan fingerprint density at radius 3 is 2.90 bits per heavy atom. The standard InChI is InChI=1S/C14H13ClN2O3/c1-20-13-8-16-7-12(17-13)11(14(18)19)6-9-3-2-4-10(15)5-9/h2-5,7-8,11H,6H2,1H3,(H,18,19). The molecule has 0 fully saturated rings. The Bertz CT molecular complexity index is 619. The van der Waals surface area contributed by atoms with Gasteiger partial charge in [0.1, 0.15) is 5.92 Å². The molecule has 0 spiro atoms. The van der Waals surface area contributed by atoms with Crippen molar-refractivity contribution >= 4 is 17.6 Å². The third-order valence-electron chi connectivity index (χ3n) is 2.82. The van der Waals surface area contributed by atoms with Crippen LogP contribution in [0.15, 0.2) is 36.7 Å². The van der Waals surface area contributed by atoms with Gasteiger partial charge in [0.2, 0.25) is 5.88 Å². The summed E-state index contributed by atoms with van der Waals surface area (Å²) in [6, 6.07) is 7.10. The van der Waals surface area contributed by atoms with E-state index in [0.29, 0.717) is 16.6 Å². The molecular weight excluding hydrogens is 280 g/mol. The van der Waals surface area contributed by atoms with Gasteiger partial charge in [-0.05, 0) is 24.1 Å². The largest absolute Gasteiger partial charge is 0.481 e. The molecule has 6 heteroatoms. The summed E-state index contributed by atoms with van der Waals surface area (Å²) in [6.45, 7) is 0. The van der Waals surface area contributed by atoms with Gasteiger partial charge in [-0.25, -0.2) is 4.98 Å². The lowest BCUT2D eigenvalue weighted by atomic mass is 9.96. The molecule has 1 N–H and O–H groups in total. The summed E-state index contributed by atoms with van der Waals surface area (Å²) in [5.74, 6) is -1.47. The quantitative estimate of drug-likeness (QED) is 0.917. The number of methoxy groups -OCH3 is 1. The topological polar surface area (TPSA) is 72.3 Å². The molecule has 2 rings (SSSR count). The molecule has 5 nitrogen and oxygen atoms in total. The third kappa shape index (κ3) is 3.45. The third-order valence-corrected chi connectivity index (χ3v) is 3.06. The number of benzene rings is 1. The van der Waals surface area contributed by atoms with Gasteiger partial charge in [-0.1, -0.05) is 23.7 Å². The van der Waals surface area contributed by atoms with E-state index in [-0.39, 0.29) is 6.42 Å². The highest BCUT2D eigenvalue weighted by Gasteiger charge is 2.23. The molecule has 0 aliphatic rings. The molecule has 1 aromatic carbocycles. The summed E-state index contributed by atoms with van der Waals surface area (Å²) >= 11 is 5.91. The Balaban J connectivity index is 2.29. The van der Waals surface area contributed by atoms with Gasteiger partial charge in [0.15, 0.2) is 0 Å². The average Bonchev–Trinajstić information content (AvgIpc) is 2.44. The number of rotatable bonds is 5. The van der Waals surface area contributed by atoms with Crippen LogP contribution in [0.1, 0.15) is 17.2 Å². The first-order chi connectivity index (χ1) is 9.60. The monoisotopic (exact) mass is 292 g/mol. The summed E-state index contributed by atoms with van der Waals surface area (Å²) in [6.07, 6.45) is 3.16. The van der Waals surface area contributed by atoms with Crippen molar-refractivity contribution in [3.63, 3.8) is 0 Å². The van der Waals surface area contributed by atoms with Crippen LogP contribution in [-0.2, 0) is 11.2 Å². The minimum Gasteiger partial charge on any atom is -0.481 e. The number of hydrogen-bond acceptors (Lipinski definition) is 4. The number of hydrogen-bond donors (Lipinski definition) is 1. The predicted molar refractivity (Wildman–Crippen MR) is 74.1 cm³/mol. The smallest absolute Gasteiger partial charge is 0.312 e. The molecule has 0 saturated carbocycles. The summed E-state index contributed by atoms with van der Waals surface area (Å²) in [4.78, 5) is 19.5. The van der Waals surface area contributed by atoms with Crippen molar-refractivity contribution in [1.29, 1.82) is 0 Å². The molecule has 20 heavy (non-hydrogen) atoms. The van der Waals surface area contributed by atoms with E-state index in [1.165, 1.54) is 19.5 Å². The van der Waals surface area contributed by atoms with E-state index in [1.54, 1.807) is 18.2 Å². The predicted octanol–water partition coefficient (Wildman–Crippen LogP) is 2.55. The Hall–Kier alpha value is -2.14. The molecule has 0 bridgehead atoms. The van der Waals surface area contributed by atoms with Crippen LogP contribution in [-0.4, -0.2) is 28.2 Å². The van der Waals surface area contributed by atoms with Crippen molar-refractivity contribution in [2.45, 2.75) is 12.3 Å². The fourth-order valence-corrected chi connectivity index (χ4v) is 2.06. The number of ether oxygens (including phenoxy) is 1. The van der Waals surface area contributed by atoms with Crippen LogP contribution in [0.5, 0.6) is 5.88 Å². The van der Waals surface area contributed by atoms with Gasteiger partial charge in [-0.3, -0.25) is 9.78 Å². The molecule has 0 saturated heterocycles. The fraction of sp³-hybridized carbons (Fsp3) is 0.214. The number of halogens is 1. The lowest BCUT2D eigenvalue weighted by Crippen LogP contribution is -2.16. The van der Waals surface area contributed by atoms with Crippen molar-refractivity contribution in [3.8, 4) is 5.88 Å². The highest BCUT2D eigenvalue weighted by atomic mass is 35.5. The number of aromatic nitrogens is 2. The van der Waals surface area contributed by atoms with Crippen LogP contribution < -0.4 is 4.74 Å². The highest BCUT2D eigenvalue weighted by molar-refractivity contribution is 6.30. The second kappa shape index (κ2) is 6.34. The maximum absolute atomic E-state index is 11.4. The van der Waals surface area contributed by atoms with Gasteiger partial charge in [0.25, 0.3) is 0 Å². The van der Waals surface area contributed by atoms with Crippen LogP contribution in [0.3, 0.4) is 0 Å². The first kappa shape index (κ1) is 14.3. The van der Waals surface area contributed by atoms with Crippen LogP contribution in [0.2, 0.25) is 5.02 Å². The maximum Gasteiger partial charge on any atom is 0.312 e. The molecule has 1 heterocycles. The molecule has 0 aliphatic heterocycles. The summed E-state index contributed by atoms with van der Waals surface area (Å²) in [5.41, 5.74) is 1.19. The van der Waals surface area contributed by atoms with Crippen molar-refractivity contribution in [2.75, 3.05) is 7.11 Å². The van der Waals surface area contributed by atoms with Crippen LogP contribution in [0.4, 0.5) is 0 Å². The first-order valence-corrected chi connectivity index (χ1v) is 6.31. The zero-order chi connectivity index (χ0) is 14.5. The van der Waals surface area contributed by atoms with Gasteiger partial charge < -0.3 is 9.84 Å². The fourth-order valence-electron chi connectivity index (χ4n) is 1.85. The Morgan fingerprint density at radius 1 is 1.45 bits per heavy atom. The Labute approximate surface area is 121 Å². The molecule has 1 unspecified atom stereocenters. The lowest BCUT2D eigenvalue weighted by molar-refractivity contribution is -0.138. The summed E-state index contributed by atoms with van der Waals surface area (Å²) in [5, 5.41) is 9.95. The van der Waals surface area contributed by atoms with E-state index in [1.807, 2.05) is 6.07 Å². The summed E-state index contributed by atoms with van der Waals surface area (Å²) < 4.78 is 4.97. The molecule has 104 valence electrons. The normalized spacial score (nSPS) is 11.9. The maximum atomic E-state index is 11.4. The minimum atomic E-state index is -0.965. The second-order valence-electron chi connectivity index (χ2n) is 4.21. The van der Waals surface area contributed by atoms with Gasteiger partial charge >= 0.3 is 5.97 Å². The molecule has 0 aliphatic carbocycles. The van der Waals surface area contributed by atoms with Crippen molar-refractivity contribution < 1.29 is 14.6 Å². The van der Waals surface area contributed by atoms with Crippen molar-refractivity contribution in [1.82, 2.24) is 9.97 Å². The second-order valence-corrected chi connectivity index (χ2v) is 4.65. The number of carboxylic acid groups (broad SMARTS) is 1.